The highest BCUT2D eigenvalue weighted by atomic mass is 16.5. The van der Waals surface area contributed by atoms with Gasteiger partial charge in [0.1, 0.15) is 0 Å². The highest BCUT2D eigenvalue weighted by Crippen LogP contribution is 2.22. The Labute approximate surface area is 242 Å². The van der Waals surface area contributed by atoms with Crippen molar-refractivity contribution in [1.29, 1.82) is 0 Å². The van der Waals surface area contributed by atoms with Crippen molar-refractivity contribution in [1.82, 2.24) is 15.0 Å². The Balaban J connectivity index is 1.58. The maximum atomic E-state index is 12.0. The third-order valence-corrected chi connectivity index (χ3v) is 5.59. The second-order valence-corrected chi connectivity index (χ2v) is 8.57. The summed E-state index contributed by atoms with van der Waals surface area (Å²) in [6.45, 7) is 6.09. The molecular formula is C30H30N6O6. The number of hydrogen-bond donors (Lipinski definition) is 3. The van der Waals surface area contributed by atoms with Gasteiger partial charge in [-0.25, -0.2) is 14.4 Å². The molecule has 0 radical (unpaired) electrons. The average Bonchev–Trinajstić information content (AvgIpc) is 2.98. The van der Waals surface area contributed by atoms with Crippen LogP contribution in [0.15, 0.2) is 72.8 Å². The van der Waals surface area contributed by atoms with E-state index in [4.69, 9.17) is 14.2 Å². The molecule has 216 valence electrons. The van der Waals surface area contributed by atoms with Crippen molar-refractivity contribution >= 4 is 52.8 Å². The summed E-state index contributed by atoms with van der Waals surface area (Å²) in [4.78, 5) is 49.4. The van der Waals surface area contributed by atoms with Crippen molar-refractivity contribution < 1.29 is 28.6 Å². The molecule has 0 spiro atoms. The number of ether oxygens (including phenoxy) is 3. The van der Waals surface area contributed by atoms with Crippen LogP contribution in [-0.2, 0) is 14.2 Å². The van der Waals surface area contributed by atoms with Crippen molar-refractivity contribution in [2.24, 2.45) is 0 Å². The third-order valence-electron chi connectivity index (χ3n) is 5.59. The monoisotopic (exact) mass is 570 g/mol. The molecule has 12 heteroatoms. The first-order chi connectivity index (χ1) is 20.4. The minimum absolute atomic E-state index is 0.213. The zero-order valence-electron chi connectivity index (χ0n) is 23.3. The number of nitrogens with zero attached hydrogens (tertiary/aromatic N) is 3. The maximum absolute atomic E-state index is 12.0. The van der Waals surface area contributed by atoms with E-state index in [2.05, 4.69) is 30.9 Å². The molecule has 4 aromatic rings. The first-order valence-electron chi connectivity index (χ1n) is 13.3. The fourth-order valence-electron chi connectivity index (χ4n) is 3.64. The fraction of sp³-hybridized carbons (Fsp3) is 0.200. The molecule has 0 saturated carbocycles. The van der Waals surface area contributed by atoms with Gasteiger partial charge in [-0.3, -0.25) is 0 Å². The molecule has 1 heterocycles. The zero-order chi connectivity index (χ0) is 29.9. The number of rotatable bonds is 12. The molecule has 42 heavy (non-hydrogen) atoms. The smallest absolute Gasteiger partial charge is 0.338 e. The Morgan fingerprint density at radius 1 is 0.476 bits per heavy atom. The van der Waals surface area contributed by atoms with Gasteiger partial charge in [0.25, 0.3) is 0 Å². The largest absolute Gasteiger partial charge is 0.462 e. The Kier molecular flexibility index (Phi) is 9.97. The number of aromatic nitrogens is 3. The molecule has 0 aliphatic rings. The van der Waals surface area contributed by atoms with E-state index in [0.29, 0.717) is 33.8 Å². The average molecular weight is 571 g/mol. The number of esters is 3. The van der Waals surface area contributed by atoms with Crippen LogP contribution in [0.3, 0.4) is 0 Å². The lowest BCUT2D eigenvalue weighted by atomic mass is 10.2. The van der Waals surface area contributed by atoms with Crippen molar-refractivity contribution in [2.45, 2.75) is 20.8 Å². The maximum Gasteiger partial charge on any atom is 0.338 e. The van der Waals surface area contributed by atoms with Gasteiger partial charge < -0.3 is 30.2 Å². The van der Waals surface area contributed by atoms with E-state index >= 15 is 0 Å². The van der Waals surface area contributed by atoms with Crippen LogP contribution in [0.1, 0.15) is 51.8 Å². The second kappa shape index (κ2) is 14.2. The van der Waals surface area contributed by atoms with E-state index < -0.39 is 17.9 Å². The van der Waals surface area contributed by atoms with Gasteiger partial charge in [-0.15, -0.1) is 0 Å². The number of hydrogen-bond acceptors (Lipinski definition) is 12. The van der Waals surface area contributed by atoms with E-state index in [1.54, 1.807) is 93.6 Å². The summed E-state index contributed by atoms with van der Waals surface area (Å²) in [6, 6.07) is 20.1. The molecule has 0 amide bonds. The molecule has 0 saturated heterocycles. The summed E-state index contributed by atoms with van der Waals surface area (Å²) >= 11 is 0. The van der Waals surface area contributed by atoms with Gasteiger partial charge in [0, 0.05) is 17.1 Å². The molecule has 0 aliphatic heterocycles. The molecule has 0 aliphatic carbocycles. The standard InChI is InChI=1S/C30H30N6O6/c1-4-40-25(37)19-7-13-22(14-8-19)31-28-34-29(32-23-15-9-20(10-16-23)26(38)41-5-2)36-30(35-28)33-24-17-11-21(12-18-24)27(39)42-6-3/h7-18H,4-6H2,1-3H3,(H3,31,32,33,34,35,36). The normalized spacial score (nSPS) is 10.4. The lowest BCUT2D eigenvalue weighted by Gasteiger charge is -2.12. The molecular weight excluding hydrogens is 540 g/mol. The predicted octanol–water partition coefficient (Wildman–Crippen LogP) is 5.63. The number of carbonyl (C=O) groups excluding carboxylic acids is 3. The minimum atomic E-state index is -0.412. The van der Waals surface area contributed by atoms with Crippen LogP contribution in [0.5, 0.6) is 0 Å². The molecule has 4 rings (SSSR count). The molecule has 0 unspecified atom stereocenters. The first kappa shape index (κ1) is 29.5. The van der Waals surface area contributed by atoms with Gasteiger partial charge in [0.15, 0.2) is 0 Å². The topological polar surface area (TPSA) is 154 Å². The lowest BCUT2D eigenvalue weighted by Crippen LogP contribution is -2.08. The minimum Gasteiger partial charge on any atom is -0.462 e. The van der Waals surface area contributed by atoms with Gasteiger partial charge in [-0.1, -0.05) is 0 Å². The van der Waals surface area contributed by atoms with Crippen molar-refractivity contribution in [2.75, 3.05) is 35.8 Å². The van der Waals surface area contributed by atoms with Crippen LogP contribution in [-0.4, -0.2) is 52.7 Å². The number of carbonyl (C=O) groups is 3. The number of nitrogens with one attached hydrogen (secondary N) is 3. The van der Waals surface area contributed by atoms with Crippen LogP contribution in [0.25, 0.3) is 0 Å². The van der Waals surface area contributed by atoms with Crippen LogP contribution < -0.4 is 16.0 Å². The summed E-state index contributed by atoms with van der Waals surface area (Å²) < 4.78 is 15.1. The highest BCUT2D eigenvalue weighted by molar-refractivity contribution is 5.91. The lowest BCUT2D eigenvalue weighted by molar-refractivity contribution is 0.0517. The first-order valence-corrected chi connectivity index (χ1v) is 13.3. The summed E-state index contributed by atoms with van der Waals surface area (Å²) in [6.07, 6.45) is 0. The van der Waals surface area contributed by atoms with Gasteiger partial charge in [-0.2, -0.15) is 15.0 Å². The third kappa shape index (κ3) is 8.01. The van der Waals surface area contributed by atoms with Crippen molar-refractivity contribution in [3.63, 3.8) is 0 Å². The van der Waals surface area contributed by atoms with E-state index in [1.165, 1.54) is 0 Å². The molecule has 0 fully saturated rings. The number of benzene rings is 3. The molecule has 3 N–H and O–H groups in total. The van der Waals surface area contributed by atoms with Crippen LogP contribution in [0.2, 0.25) is 0 Å². The van der Waals surface area contributed by atoms with E-state index in [0.717, 1.165) is 0 Å². The van der Waals surface area contributed by atoms with Gasteiger partial charge in [-0.05, 0) is 93.6 Å². The van der Waals surface area contributed by atoms with Gasteiger partial charge in [0.2, 0.25) is 17.8 Å². The highest BCUT2D eigenvalue weighted by Gasteiger charge is 2.12. The SMILES string of the molecule is CCOC(=O)c1ccc(Nc2nc(Nc3ccc(C(=O)OCC)cc3)nc(Nc3ccc(C(=O)OCC)cc3)n2)cc1. The summed E-state index contributed by atoms with van der Waals surface area (Å²) in [5, 5.41) is 9.34. The Bertz CT molecular complexity index is 1330. The van der Waals surface area contributed by atoms with Crippen molar-refractivity contribution in [3.05, 3.63) is 89.5 Å². The summed E-state index contributed by atoms with van der Waals surface area (Å²) in [5.74, 6) is -0.596. The summed E-state index contributed by atoms with van der Waals surface area (Å²) in [7, 11) is 0. The summed E-state index contributed by atoms with van der Waals surface area (Å²) in [5.41, 5.74) is 3.14. The molecule has 1 aromatic heterocycles. The van der Waals surface area contributed by atoms with Crippen LogP contribution in [0.4, 0.5) is 34.9 Å². The van der Waals surface area contributed by atoms with Crippen LogP contribution in [0, 0.1) is 0 Å². The van der Waals surface area contributed by atoms with E-state index in [9.17, 15) is 14.4 Å². The van der Waals surface area contributed by atoms with Crippen molar-refractivity contribution in [3.8, 4) is 0 Å². The quantitative estimate of drug-likeness (QED) is 0.143. The van der Waals surface area contributed by atoms with Gasteiger partial charge in [0.05, 0.1) is 36.5 Å². The Hall–Kier alpha value is -5.52. The molecule has 12 nitrogen and oxygen atoms in total. The Morgan fingerprint density at radius 2 is 0.714 bits per heavy atom. The second-order valence-electron chi connectivity index (χ2n) is 8.57. The van der Waals surface area contributed by atoms with Crippen LogP contribution >= 0.6 is 0 Å². The fourth-order valence-corrected chi connectivity index (χ4v) is 3.64. The van der Waals surface area contributed by atoms with E-state index in [-0.39, 0.29) is 37.7 Å². The predicted molar refractivity (Wildman–Crippen MR) is 157 cm³/mol. The Morgan fingerprint density at radius 3 is 0.929 bits per heavy atom. The van der Waals surface area contributed by atoms with E-state index in [1.807, 2.05) is 0 Å². The number of anilines is 6. The molecule has 3 aromatic carbocycles. The zero-order valence-corrected chi connectivity index (χ0v) is 23.3. The molecule has 0 bridgehead atoms. The molecule has 0 atom stereocenters. The van der Waals surface area contributed by atoms with Gasteiger partial charge >= 0.3 is 17.9 Å².